The smallest absolute Gasteiger partial charge is 0.225 e. The molecule has 1 saturated heterocycles. The van der Waals surface area contributed by atoms with Gasteiger partial charge in [-0.25, -0.2) is 9.50 Å². The fraction of sp³-hybridized carbons (Fsp3) is 0.321. The van der Waals surface area contributed by atoms with Crippen LogP contribution in [0.5, 0.6) is 0 Å². The van der Waals surface area contributed by atoms with Crippen LogP contribution in [0.1, 0.15) is 35.1 Å². The lowest BCUT2D eigenvalue weighted by atomic mass is 9.96. The Bertz CT molecular complexity index is 1340. The second-order valence-corrected chi connectivity index (χ2v) is 9.36. The van der Waals surface area contributed by atoms with Gasteiger partial charge in [0.15, 0.2) is 5.82 Å². The minimum atomic E-state index is -0.0541. The molecule has 1 amide bonds. The quantitative estimate of drug-likeness (QED) is 0.469. The fourth-order valence-electron chi connectivity index (χ4n) is 4.90. The first-order valence-corrected chi connectivity index (χ1v) is 12.0. The molecule has 5 rings (SSSR count). The summed E-state index contributed by atoms with van der Waals surface area (Å²) >= 11 is 0. The molecule has 1 fully saturated rings. The molecule has 2 aromatic carbocycles. The Morgan fingerprint density at radius 1 is 1.09 bits per heavy atom. The van der Waals surface area contributed by atoms with E-state index in [1.54, 1.807) is 6.20 Å². The average molecular weight is 454 g/mol. The monoisotopic (exact) mass is 453 g/mol. The maximum Gasteiger partial charge on any atom is 0.225 e. The van der Waals surface area contributed by atoms with Gasteiger partial charge < -0.3 is 10.2 Å². The molecule has 4 aromatic rings. The van der Waals surface area contributed by atoms with Crippen molar-refractivity contribution in [2.24, 2.45) is 5.92 Å². The Morgan fingerprint density at radius 3 is 2.76 bits per heavy atom. The molecule has 174 valence electrons. The molecule has 1 aliphatic heterocycles. The first-order chi connectivity index (χ1) is 16.5. The third-order valence-corrected chi connectivity index (χ3v) is 6.83. The van der Waals surface area contributed by atoms with Crippen molar-refractivity contribution < 1.29 is 4.79 Å². The zero-order valence-corrected chi connectivity index (χ0v) is 20.1. The molecule has 3 heterocycles. The van der Waals surface area contributed by atoms with Crippen molar-refractivity contribution in [3.63, 3.8) is 0 Å². The molecule has 0 spiro atoms. The molecular weight excluding hydrogens is 422 g/mol. The number of fused-ring (bicyclic) bond motifs is 1. The summed E-state index contributed by atoms with van der Waals surface area (Å²) in [6.07, 6.45) is 5.54. The van der Waals surface area contributed by atoms with Crippen molar-refractivity contribution >= 4 is 17.2 Å². The number of hydrogen-bond donors (Lipinski definition) is 1. The van der Waals surface area contributed by atoms with Gasteiger partial charge in [-0.05, 0) is 56.4 Å². The van der Waals surface area contributed by atoms with Crippen molar-refractivity contribution in [3.8, 4) is 11.3 Å². The van der Waals surface area contributed by atoms with Gasteiger partial charge in [0.1, 0.15) is 5.52 Å². The van der Waals surface area contributed by atoms with Gasteiger partial charge in [-0.3, -0.25) is 4.79 Å². The largest absolute Gasteiger partial charge is 0.354 e. The highest BCUT2D eigenvalue weighted by Crippen LogP contribution is 2.30. The minimum Gasteiger partial charge on any atom is -0.354 e. The number of nitrogens with one attached hydrogen (secondary N) is 1. The molecule has 0 bridgehead atoms. The van der Waals surface area contributed by atoms with Crippen LogP contribution < -0.4 is 10.2 Å². The molecule has 2 aromatic heterocycles. The van der Waals surface area contributed by atoms with E-state index in [0.717, 1.165) is 47.5 Å². The average Bonchev–Trinajstić information content (AvgIpc) is 3.27. The van der Waals surface area contributed by atoms with E-state index in [1.165, 1.54) is 16.7 Å². The van der Waals surface area contributed by atoms with Gasteiger partial charge in [0.05, 0.1) is 11.6 Å². The van der Waals surface area contributed by atoms with Crippen LogP contribution >= 0.6 is 0 Å². The topological polar surface area (TPSA) is 62.5 Å². The maximum absolute atomic E-state index is 13.0. The second-order valence-electron chi connectivity index (χ2n) is 9.36. The van der Waals surface area contributed by atoms with E-state index < -0.39 is 0 Å². The van der Waals surface area contributed by atoms with E-state index in [9.17, 15) is 4.79 Å². The Balaban J connectivity index is 1.35. The van der Waals surface area contributed by atoms with E-state index in [2.05, 4.69) is 67.4 Å². The number of carbonyl (C=O) groups is 1. The predicted molar refractivity (Wildman–Crippen MR) is 136 cm³/mol. The van der Waals surface area contributed by atoms with Crippen molar-refractivity contribution in [1.29, 1.82) is 0 Å². The minimum absolute atomic E-state index is 0.0541. The van der Waals surface area contributed by atoms with Gasteiger partial charge in [-0.15, -0.1) is 0 Å². The van der Waals surface area contributed by atoms with Gasteiger partial charge in [-0.1, -0.05) is 48.0 Å². The summed E-state index contributed by atoms with van der Waals surface area (Å²) in [5.74, 6) is 0.952. The number of piperidine rings is 1. The maximum atomic E-state index is 13.0. The summed E-state index contributed by atoms with van der Waals surface area (Å²) in [5.41, 5.74) is 7.85. The first kappa shape index (κ1) is 22.1. The van der Waals surface area contributed by atoms with Crippen LogP contribution in [0.4, 0.5) is 5.82 Å². The van der Waals surface area contributed by atoms with Crippen LogP contribution in [-0.2, 0) is 11.3 Å². The second kappa shape index (κ2) is 9.29. The Hall–Kier alpha value is -3.67. The highest BCUT2D eigenvalue weighted by Gasteiger charge is 2.28. The van der Waals surface area contributed by atoms with E-state index in [0.29, 0.717) is 13.1 Å². The number of aryl methyl sites for hydroxylation is 3. The Labute approximate surface area is 200 Å². The molecule has 0 unspecified atom stereocenters. The van der Waals surface area contributed by atoms with Crippen LogP contribution in [0.3, 0.4) is 0 Å². The van der Waals surface area contributed by atoms with E-state index in [-0.39, 0.29) is 11.8 Å². The normalized spacial score (nSPS) is 16.1. The number of aromatic nitrogens is 3. The summed E-state index contributed by atoms with van der Waals surface area (Å²) in [7, 11) is 0. The van der Waals surface area contributed by atoms with Gasteiger partial charge in [0.2, 0.25) is 5.91 Å². The van der Waals surface area contributed by atoms with Crippen LogP contribution in [0.2, 0.25) is 0 Å². The third-order valence-electron chi connectivity index (χ3n) is 6.83. The van der Waals surface area contributed by atoms with Crippen LogP contribution in [-0.4, -0.2) is 33.6 Å². The lowest BCUT2D eigenvalue weighted by Crippen LogP contribution is -2.43. The van der Waals surface area contributed by atoms with Crippen LogP contribution in [0.15, 0.2) is 60.9 Å². The summed E-state index contributed by atoms with van der Waals surface area (Å²) in [4.78, 5) is 19.9. The Kier molecular flexibility index (Phi) is 6.05. The summed E-state index contributed by atoms with van der Waals surface area (Å²) < 4.78 is 1.90. The molecule has 0 radical (unpaired) electrons. The van der Waals surface area contributed by atoms with Gasteiger partial charge in [-0.2, -0.15) is 5.10 Å². The molecular formula is C28H31N5O. The lowest BCUT2D eigenvalue weighted by molar-refractivity contribution is -0.125. The van der Waals surface area contributed by atoms with Gasteiger partial charge in [0.25, 0.3) is 0 Å². The fourth-order valence-corrected chi connectivity index (χ4v) is 4.90. The van der Waals surface area contributed by atoms with Gasteiger partial charge >= 0.3 is 0 Å². The van der Waals surface area contributed by atoms with E-state index >= 15 is 0 Å². The lowest BCUT2D eigenvalue weighted by Gasteiger charge is -2.33. The Morgan fingerprint density at radius 2 is 1.94 bits per heavy atom. The molecule has 1 atom stereocenters. The number of rotatable bonds is 5. The number of benzene rings is 2. The number of carbonyl (C=O) groups excluding carboxylic acids is 1. The summed E-state index contributed by atoms with van der Waals surface area (Å²) in [6.45, 7) is 8.42. The van der Waals surface area contributed by atoms with Crippen LogP contribution in [0.25, 0.3) is 16.8 Å². The molecule has 6 heteroatoms. The molecule has 34 heavy (non-hydrogen) atoms. The van der Waals surface area contributed by atoms with Crippen molar-refractivity contribution in [3.05, 3.63) is 83.2 Å². The predicted octanol–water partition coefficient (Wildman–Crippen LogP) is 4.85. The standard InChI is InChI=1S/C28H31N5O/c1-19-10-11-24(21(3)15-19)25-16-26-27(29-12-14-33(26)31-25)32-13-6-9-23(18-32)28(34)30-17-22-8-5-4-7-20(22)2/h4-5,7-8,10-12,14-16,23H,6,9,13,17-18H2,1-3H3,(H,30,34)/t23-/m0/s1. The van der Waals surface area contributed by atoms with Crippen molar-refractivity contribution in [2.75, 3.05) is 18.0 Å². The summed E-state index contributed by atoms with van der Waals surface area (Å²) in [6, 6.07) is 16.7. The van der Waals surface area contributed by atoms with E-state index in [4.69, 9.17) is 10.1 Å². The van der Waals surface area contributed by atoms with E-state index in [1.807, 2.05) is 22.8 Å². The molecule has 0 saturated carbocycles. The first-order valence-electron chi connectivity index (χ1n) is 12.0. The molecule has 1 aliphatic rings. The molecule has 1 N–H and O–H groups in total. The molecule has 0 aliphatic carbocycles. The van der Waals surface area contributed by atoms with Crippen molar-refractivity contribution in [2.45, 2.75) is 40.2 Å². The number of amides is 1. The zero-order chi connectivity index (χ0) is 23.7. The SMILES string of the molecule is Cc1ccc(-c2cc3c(N4CCC[C@H](C(=O)NCc5ccccc5C)C4)nccn3n2)c(C)c1. The number of hydrogen-bond acceptors (Lipinski definition) is 4. The van der Waals surface area contributed by atoms with Gasteiger partial charge in [0, 0.05) is 37.6 Å². The number of nitrogens with zero attached hydrogens (tertiary/aromatic N) is 4. The summed E-state index contributed by atoms with van der Waals surface area (Å²) in [5, 5.41) is 7.98. The molecule has 6 nitrogen and oxygen atoms in total. The van der Waals surface area contributed by atoms with Crippen LogP contribution in [0, 0.1) is 26.7 Å². The van der Waals surface area contributed by atoms with Crippen molar-refractivity contribution in [1.82, 2.24) is 19.9 Å². The number of anilines is 1. The highest BCUT2D eigenvalue weighted by atomic mass is 16.1. The third kappa shape index (κ3) is 4.40. The zero-order valence-electron chi connectivity index (χ0n) is 20.1. The highest BCUT2D eigenvalue weighted by molar-refractivity contribution is 5.81.